The van der Waals surface area contributed by atoms with Gasteiger partial charge in [0.15, 0.2) is 36.1 Å². The fourth-order valence-corrected chi connectivity index (χ4v) is 8.93. The van der Waals surface area contributed by atoms with E-state index in [2.05, 4.69) is 70.5 Å². The van der Waals surface area contributed by atoms with Gasteiger partial charge in [0.2, 0.25) is 11.9 Å². The second-order valence-corrected chi connectivity index (χ2v) is 17.4. The molecule has 4 saturated heterocycles. The molecule has 4 aliphatic heterocycles. The fraction of sp³-hybridized carbons (Fsp3) is 0.435. The van der Waals surface area contributed by atoms with Crippen molar-refractivity contribution in [2.75, 3.05) is 72.9 Å². The van der Waals surface area contributed by atoms with Crippen LogP contribution in [0.4, 0.5) is 49.9 Å². The zero-order valence-electron chi connectivity index (χ0n) is 38.0. The Labute approximate surface area is 396 Å². The lowest BCUT2D eigenvalue weighted by Gasteiger charge is -2.36. The van der Waals surface area contributed by atoms with Gasteiger partial charge in [-0.05, 0) is 108 Å². The number of anilines is 4. The molecule has 10 rings (SSSR count). The van der Waals surface area contributed by atoms with E-state index in [4.69, 9.17) is 9.47 Å². The van der Waals surface area contributed by atoms with Crippen LogP contribution >= 0.6 is 0 Å². The van der Waals surface area contributed by atoms with E-state index in [9.17, 15) is 35.9 Å². The monoisotopic (exact) mass is 974 g/mol. The highest BCUT2D eigenvalue weighted by Gasteiger charge is 2.39. The molecule has 2 aromatic carbocycles. The number of nitrogens with one attached hydrogen (secondary N) is 3. The average molecular weight is 975 g/mol. The summed E-state index contributed by atoms with van der Waals surface area (Å²) in [6, 6.07) is 9.70. The molecule has 3 N–H and O–H groups in total. The summed E-state index contributed by atoms with van der Waals surface area (Å²) in [5.74, 6) is 0.918. The number of likely N-dealkylation sites (tertiary alicyclic amines) is 1. The number of benzene rings is 2. The standard InChI is InChI=1S/C25H28F3N7O2.C21H20F3N7O2/c1-16-22-23(33-24(30-16)35-12-8-18(9-13-35)34-10-2-3-11-34)29-14-20(32-22)31-21(36)15-37-19-6-4-17(5-7-19)25(26,27)28;1-11-18-19(30-20(27-11)31-9-13-6-14(31)7-25-13)26-8-16(29-18)28-17(32)10-33-15-4-2-12(3-5-15)21(22,23)24/h4-7,14,18H,2-3,8-13,15H2,1H3,(H,31,32,36);2-5,8,13-14,25H,6-7,9-10H2,1H3,(H,28,29,32). The third-order valence-corrected chi connectivity index (χ3v) is 12.5. The van der Waals surface area contributed by atoms with Gasteiger partial charge in [-0.25, -0.2) is 29.9 Å². The molecular weight excluding hydrogens is 927 g/mol. The van der Waals surface area contributed by atoms with Crippen molar-refractivity contribution < 1.29 is 45.4 Å². The molecule has 2 unspecified atom stereocenters. The highest BCUT2D eigenvalue weighted by Crippen LogP contribution is 2.32. The summed E-state index contributed by atoms with van der Waals surface area (Å²) in [5.41, 5.74) is 1.57. The second-order valence-electron chi connectivity index (χ2n) is 17.4. The van der Waals surface area contributed by atoms with Crippen LogP contribution in [-0.4, -0.2) is 127 Å². The Balaban J connectivity index is 0.000000175. The van der Waals surface area contributed by atoms with E-state index in [1.165, 1.54) is 50.5 Å². The topological polar surface area (TPSA) is 202 Å². The van der Waals surface area contributed by atoms with Crippen LogP contribution in [0.25, 0.3) is 22.3 Å². The maximum absolute atomic E-state index is 12.7. The maximum Gasteiger partial charge on any atom is 0.416 e. The number of hydrogen-bond donors (Lipinski definition) is 3. The highest BCUT2D eigenvalue weighted by atomic mass is 19.4. The Morgan fingerprint density at radius 3 is 1.60 bits per heavy atom. The van der Waals surface area contributed by atoms with Crippen molar-refractivity contribution in [2.45, 2.75) is 76.4 Å². The minimum absolute atomic E-state index is 0.144. The van der Waals surface area contributed by atoms with Gasteiger partial charge in [0.05, 0.1) is 34.9 Å². The average Bonchev–Trinajstić information content (AvgIpc) is 4.14. The van der Waals surface area contributed by atoms with E-state index in [-0.39, 0.29) is 23.1 Å². The Bertz CT molecular complexity index is 2840. The second kappa shape index (κ2) is 20.1. The predicted molar refractivity (Wildman–Crippen MR) is 244 cm³/mol. The lowest BCUT2D eigenvalue weighted by molar-refractivity contribution is -0.138. The number of hydrogen-bond acceptors (Lipinski definition) is 16. The van der Waals surface area contributed by atoms with Gasteiger partial charge in [0, 0.05) is 44.3 Å². The van der Waals surface area contributed by atoms with Gasteiger partial charge < -0.3 is 40.1 Å². The van der Waals surface area contributed by atoms with Gasteiger partial charge in [0.1, 0.15) is 22.5 Å². The zero-order valence-corrected chi connectivity index (χ0v) is 38.0. The van der Waals surface area contributed by atoms with Gasteiger partial charge in [-0.3, -0.25) is 9.59 Å². The van der Waals surface area contributed by atoms with Crippen molar-refractivity contribution in [3.8, 4) is 11.5 Å². The van der Waals surface area contributed by atoms with Crippen molar-refractivity contribution in [1.29, 1.82) is 0 Å². The molecule has 18 nitrogen and oxygen atoms in total. The van der Waals surface area contributed by atoms with E-state index < -0.39 is 48.5 Å². The minimum atomic E-state index is -4.43. The van der Waals surface area contributed by atoms with Crippen LogP contribution in [0.5, 0.6) is 11.5 Å². The first kappa shape index (κ1) is 48.0. The molecule has 0 spiro atoms. The third kappa shape index (κ3) is 11.3. The molecule has 24 heteroatoms. The molecule has 0 radical (unpaired) electrons. The molecule has 4 fully saturated rings. The fourth-order valence-electron chi connectivity index (χ4n) is 8.93. The SMILES string of the molecule is Cc1nc(N2CC3CC2CN3)nc2ncc(NC(=O)COc3ccc(C(F)(F)F)cc3)nc12.Cc1nc(N2CCC(N3CCCC3)CC2)nc2ncc(NC(=O)COc3ccc(C(F)(F)F)cc3)nc12. The van der Waals surface area contributed by atoms with Crippen molar-refractivity contribution >= 4 is 57.7 Å². The van der Waals surface area contributed by atoms with E-state index in [1.54, 1.807) is 0 Å². The first-order valence-electron chi connectivity index (χ1n) is 22.7. The van der Waals surface area contributed by atoms with Crippen LogP contribution in [0.15, 0.2) is 60.9 Å². The number of fused-ring (bicyclic) bond motifs is 4. The van der Waals surface area contributed by atoms with Crippen molar-refractivity contribution in [1.82, 2.24) is 50.1 Å². The molecule has 70 heavy (non-hydrogen) atoms. The van der Waals surface area contributed by atoms with Gasteiger partial charge in [0.25, 0.3) is 11.8 Å². The van der Waals surface area contributed by atoms with Gasteiger partial charge >= 0.3 is 12.4 Å². The lowest BCUT2D eigenvalue weighted by Crippen LogP contribution is -2.44. The first-order valence-corrected chi connectivity index (χ1v) is 22.7. The van der Waals surface area contributed by atoms with E-state index in [1.807, 2.05) is 13.8 Å². The van der Waals surface area contributed by atoms with Crippen molar-refractivity contribution in [2.24, 2.45) is 0 Å². The van der Waals surface area contributed by atoms with Crippen molar-refractivity contribution in [3.05, 3.63) is 83.4 Å². The van der Waals surface area contributed by atoms with Crippen LogP contribution in [0.1, 0.15) is 54.6 Å². The van der Waals surface area contributed by atoms with Gasteiger partial charge in [-0.15, -0.1) is 0 Å². The number of halogens is 6. The van der Waals surface area contributed by atoms with Crippen LogP contribution in [0.2, 0.25) is 0 Å². The van der Waals surface area contributed by atoms with Crippen LogP contribution in [0, 0.1) is 13.8 Å². The van der Waals surface area contributed by atoms with Crippen molar-refractivity contribution in [3.63, 3.8) is 0 Å². The molecule has 2 bridgehead atoms. The molecule has 4 aromatic heterocycles. The molecule has 2 atom stereocenters. The third-order valence-electron chi connectivity index (χ3n) is 12.5. The number of alkyl halides is 6. The minimum Gasteiger partial charge on any atom is -0.484 e. The van der Waals surface area contributed by atoms with Crippen LogP contribution in [-0.2, 0) is 21.9 Å². The summed E-state index contributed by atoms with van der Waals surface area (Å²) >= 11 is 0. The number of amides is 2. The summed E-state index contributed by atoms with van der Waals surface area (Å²) in [6.45, 7) is 8.81. The number of piperidine rings is 1. The predicted octanol–water partition coefficient (Wildman–Crippen LogP) is 6.14. The normalized spacial score (nSPS) is 18.5. The number of aromatic nitrogens is 8. The number of piperazine rings is 1. The van der Waals surface area contributed by atoms with Crippen LogP contribution < -0.4 is 35.2 Å². The molecule has 0 saturated carbocycles. The molecule has 4 aliphatic rings. The number of aryl methyl sites for hydroxylation is 2. The smallest absolute Gasteiger partial charge is 0.416 e. The number of nitrogens with zero attached hydrogens (tertiary/aromatic N) is 11. The quantitative estimate of drug-likeness (QED) is 0.125. The Hall–Kier alpha value is -7.08. The molecule has 2 amide bonds. The molecule has 0 aliphatic carbocycles. The van der Waals surface area contributed by atoms with Crippen LogP contribution in [0.3, 0.4) is 0 Å². The number of rotatable bonds is 11. The molecule has 368 valence electrons. The molecule has 8 heterocycles. The maximum atomic E-state index is 12.7. The Kier molecular flexibility index (Phi) is 13.8. The van der Waals surface area contributed by atoms with E-state index in [0.717, 1.165) is 81.8 Å². The summed E-state index contributed by atoms with van der Waals surface area (Å²) in [4.78, 5) is 67.4. The Morgan fingerprint density at radius 2 is 1.14 bits per heavy atom. The summed E-state index contributed by atoms with van der Waals surface area (Å²) < 4.78 is 86.4. The first-order chi connectivity index (χ1) is 33.5. The van der Waals surface area contributed by atoms with Gasteiger partial charge in [-0.1, -0.05) is 0 Å². The summed E-state index contributed by atoms with van der Waals surface area (Å²) in [5, 5.41) is 8.60. The number of carbonyl (C=O) groups is 2. The highest BCUT2D eigenvalue weighted by molar-refractivity contribution is 5.92. The summed E-state index contributed by atoms with van der Waals surface area (Å²) in [6.07, 6.45) is -0.222. The van der Waals surface area contributed by atoms with Gasteiger partial charge in [-0.2, -0.15) is 36.3 Å². The van der Waals surface area contributed by atoms with E-state index >= 15 is 0 Å². The number of ether oxygens (including phenoxy) is 2. The largest absolute Gasteiger partial charge is 0.484 e. The zero-order chi connectivity index (χ0) is 49.2. The Morgan fingerprint density at radius 1 is 0.657 bits per heavy atom. The lowest BCUT2D eigenvalue weighted by atomic mass is 10.0. The summed E-state index contributed by atoms with van der Waals surface area (Å²) in [7, 11) is 0. The molecular formula is C46H48F6N14O4. The molecule has 6 aromatic rings. The van der Waals surface area contributed by atoms with E-state index in [0.29, 0.717) is 63.7 Å². The number of carbonyl (C=O) groups excluding carboxylic acids is 2.